The fourth-order valence-electron chi connectivity index (χ4n) is 1.76. The number of likely N-dealkylation sites (N-methyl/N-ethyl adjacent to an activating group) is 1. The van der Waals surface area contributed by atoms with E-state index in [0.29, 0.717) is 13.1 Å². The minimum Gasteiger partial charge on any atom is -0.481 e. The molecule has 0 rings (SSSR count). The molecule has 0 aromatic rings. The van der Waals surface area contributed by atoms with Crippen LogP contribution in [0.2, 0.25) is 0 Å². The Bertz CT molecular complexity index is 329. The molecule has 1 amide bonds. The predicted molar refractivity (Wildman–Crippen MR) is 71.8 cm³/mol. The maximum absolute atomic E-state index is 11.8. The first-order chi connectivity index (χ1) is 8.77. The van der Waals surface area contributed by atoms with E-state index in [1.54, 1.807) is 4.90 Å². The second kappa shape index (κ2) is 8.63. The van der Waals surface area contributed by atoms with Crippen molar-refractivity contribution in [3.8, 4) is 0 Å². The number of carboxylic acid groups (broad SMARTS) is 1. The summed E-state index contributed by atoms with van der Waals surface area (Å²) in [4.78, 5) is 35.4. The molecule has 2 N–H and O–H groups in total. The van der Waals surface area contributed by atoms with Gasteiger partial charge >= 0.3 is 5.97 Å². The summed E-state index contributed by atoms with van der Waals surface area (Å²) in [5.41, 5.74) is 0. The van der Waals surface area contributed by atoms with E-state index >= 15 is 0 Å². The number of hydrogen-bond acceptors (Lipinski definition) is 4. The SMILES string of the molecule is CCN(CCC(=O)O)CC(=O)NC(C(C)=O)C(C)C. The van der Waals surface area contributed by atoms with Gasteiger partial charge in [-0.05, 0) is 19.4 Å². The van der Waals surface area contributed by atoms with Gasteiger partial charge in [0.25, 0.3) is 0 Å². The Kier molecular flexibility index (Phi) is 7.98. The number of nitrogens with zero attached hydrogens (tertiary/aromatic N) is 1. The van der Waals surface area contributed by atoms with Gasteiger partial charge in [0.05, 0.1) is 19.0 Å². The molecule has 0 aromatic heterocycles. The molecule has 6 heteroatoms. The molecular formula is C13H24N2O4. The van der Waals surface area contributed by atoms with E-state index in [-0.39, 0.29) is 30.6 Å². The Balaban J connectivity index is 4.33. The lowest BCUT2D eigenvalue weighted by atomic mass is 10.0. The van der Waals surface area contributed by atoms with Crippen LogP contribution in [0, 0.1) is 5.92 Å². The van der Waals surface area contributed by atoms with Crippen molar-refractivity contribution in [3.05, 3.63) is 0 Å². The van der Waals surface area contributed by atoms with Gasteiger partial charge < -0.3 is 10.4 Å². The summed E-state index contributed by atoms with van der Waals surface area (Å²) in [6, 6.07) is -0.481. The van der Waals surface area contributed by atoms with E-state index in [2.05, 4.69) is 5.32 Å². The third-order valence-corrected chi connectivity index (χ3v) is 2.88. The van der Waals surface area contributed by atoms with Crippen molar-refractivity contribution in [2.24, 2.45) is 5.92 Å². The smallest absolute Gasteiger partial charge is 0.304 e. The van der Waals surface area contributed by atoms with Gasteiger partial charge in [-0.3, -0.25) is 19.3 Å². The monoisotopic (exact) mass is 272 g/mol. The van der Waals surface area contributed by atoms with Crippen molar-refractivity contribution in [1.29, 1.82) is 0 Å². The Morgan fingerprint density at radius 1 is 1.26 bits per heavy atom. The van der Waals surface area contributed by atoms with Crippen LogP contribution in [0.5, 0.6) is 0 Å². The zero-order chi connectivity index (χ0) is 15.0. The van der Waals surface area contributed by atoms with Crippen LogP contribution in [-0.2, 0) is 14.4 Å². The minimum absolute atomic E-state index is 0.00143. The number of nitrogens with one attached hydrogen (secondary N) is 1. The highest BCUT2D eigenvalue weighted by molar-refractivity contribution is 5.88. The minimum atomic E-state index is -0.886. The van der Waals surface area contributed by atoms with Gasteiger partial charge in [0.2, 0.25) is 5.91 Å². The predicted octanol–water partition coefficient (Wildman–Crippen LogP) is 0.513. The largest absolute Gasteiger partial charge is 0.481 e. The Labute approximate surface area is 114 Å². The number of Topliss-reactive ketones (excluding diaryl/α,β-unsaturated/α-hetero) is 1. The molecule has 110 valence electrons. The summed E-state index contributed by atoms with van der Waals surface area (Å²) >= 11 is 0. The Morgan fingerprint density at radius 2 is 1.84 bits per heavy atom. The van der Waals surface area contributed by atoms with Crippen molar-refractivity contribution >= 4 is 17.7 Å². The zero-order valence-corrected chi connectivity index (χ0v) is 12.1. The first kappa shape index (κ1) is 17.6. The van der Waals surface area contributed by atoms with E-state index < -0.39 is 12.0 Å². The fourth-order valence-corrected chi connectivity index (χ4v) is 1.76. The third-order valence-electron chi connectivity index (χ3n) is 2.88. The average molecular weight is 272 g/mol. The van der Waals surface area contributed by atoms with Gasteiger partial charge in [-0.1, -0.05) is 20.8 Å². The number of aliphatic carboxylic acids is 1. The molecule has 0 heterocycles. The molecule has 0 aromatic carbocycles. The highest BCUT2D eigenvalue weighted by atomic mass is 16.4. The van der Waals surface area contributed by atoms with Gasteiger partial charge in [0.1, 0.15) is 0 Å². The second-order valence-corrected chi connectivity index (χ2v) is 4.91. The maximum Gasteiger partial charge on any atom is 0.304 e. The highest BCUT2D eigenvalue weighted by Gasteiger charge is 2.21. The molecule has 6 nitrogen and oxygen atoms in total. The summed E-state index contributed by atoms with van der Waals surface area (Å²) in [6.45, 7) is 8.08. The van der Waals surface area contributed by atoms with Crippen molar-refractivity contribution in [3.63, 3.8) is 0 Å². The molecule has 19 heavy (non-hydrogen) atoms. The third kappa shape index (κ3) is 7.56. The van der Waals surface area contributed by atoms with Crippen molar-refractivity contribution < 1.29 is 19.5 Å². The second-order valence-electron chi connectivity index (χ2n) is 4.91. The molecule has 0 bridgehead atoms. The molecule has 0 aliphatic carbocycles. The first-order valence-corrected chi connectivity index (χ1v) is 6.51. The number of ketones is 1. The first-order valence-electron chi connectivity index (χ1n) is 6.51. The molecule has 1 atom stereocenters. The summed E-state index contributed by atoms with van der Waals surface area (Å²) in [6.07, 6.45) is 0.00143. The van der Waals surface area contributed by atoms with E-state index in [1.807, 2.05) is 20.8 Å². The van der Waals surface area contributed by atoms with E-state index in [4.69, 9.17) is 5.11 Å². The summed E-state index contributed by atoms with van der Waals surface area (Å²) in [5, 5.41) is 11.3. The van der Waals surface area contributed by atoms with Crippen LogP contribution in [0.3, 0.4) is 0 Å². The number of carbonyl (C=O) groups is 3. The molecule has 1 unspecified atom stereocenters. The number of rotatable bonds is 9. The van der Waals surface area contributed by atoms with Crippen LogP contribution < -0.4 is 5.32 Å². The molecule has 0 saturated heterocycles. The van der Waals surface area contributed by atoms with Gasteiger partial charge in [0, 0.05) is 6.54 Å². The maximum atomic E-state index is 11.8. The highest BCUT2D eigenvalue weighted by Crippen LogP contribution is 2.03. The summed E-state index contributed by atoms with van der Waals surface area (Å²) in [5.74, 6) is -1.17. The number of carboxylic acids is 1. The van der Waals surface area contributed by atoms with Crippen LogP contribution >= 0.6 is 0 Å². The van der Waals surface area contributed by atoms with E-state index in [9.17, 15) is 14.4 Å². The number of hydrogen-bond donors (Lipinski definition) is 2. The van der Waals surface area contributed by atoms with Crippen molar-refractivity contribution in [2.45, 2.75) is 40.2 Å². The molecule has 0 aliphatic rings. The number of amides is 1. The molecule has 0 fully saturated rings. The van der Waals surface area contributed by atoms with Gasteiger partial charge in [-0.2, -0.15) is 0 Å². The van der Waals surface area contributed by atoms with Gasteiger partial charge in [0.15, 0.2) is 5.78 Å². The normalized spacial score (nSPS) is 12.5. The van der Waals surface area contributed by atoms with Crippen LogP contribution in [0.1, 0.15) is 34.1 Å². The van der Waals surface area contributed by atoms with Crippen LogP contribution in [0.25, 0.3) is 0 Å². The summed E-state index contributed by atoms with van der Waals surface area (Å²) < 4.78 is 0. The lowest BCUT2D eigenvalue weighted by Gasteiger charge is -2.23. The Morgan fingerprint density at radius 3 is 2.21 bits per heavy atom. The molecule has 0 spiro atoms. The van der Waals surface area contributed by atoms with Crippen LogP contribution in [0.4, 0.5) is 0 Å². The van der Waals surface area contributed by atoms with E-state index in [0.717, 1.165) is 0 Å². The molecule has 0 saturated carbocycles. The Hall–Kier alpha value is -1.43. The molecule has 0 radical (unpaired) electrons. The molecule has 0 aliphatic heterocycles. The number of carbonyl (C=O) groups excluding carboxylic acids is 2. The van der Waals surface area contributed by atoms with Crippen LogP contribution in [0.15, 0.2) is 0 Å². The standard InChI is InChI=1S/C13H24N2O4/c1-5-15(7-6-12(18)19)8-11(17)14-13(9(2)3)10(4)16/h9,13H,5-8H2,1-4H3,(H,14,17)(H,18,19). The summed E-state index contributed by atoms with van der Waals surface area (Å²) in [7, 11) is 0. The van der Waals surface area contributed by atoms with Crippen LogP contribution in [-0.4, -0.2) is 53.3 Å². The topological polar surface area (TPSA) is 86.7 Å². The van der Waals surface area contributed by atoms with Gasteiger partial charge in [-0.25, -0.2) is 0 Å². The van der Waals surface area contributed by atoms with E-state index in [1.165, 1.54) is 6.92 Å². The van der Waals surface area contributed by atoms with Crippen molar-refractivity contribution in [2.75, 3.05) is 19.6 Å². The van der Waals surface area contributed by atoms with Crippen molar-refractivity contribution in [1.82, 2.24) is 10.2 Å². The lowest BCUT2D eigenvalue weighted by Crippen LogP contribution is -2.47. The zero-order valence-electron chi connectivity index (χ0n) is 12.1. The quantitative estimate of drug-likeness (QED) is 0.639. The lowest BCUT2D eigenvalue weighted by molar-refractivity contribution is -0.137. The molecular weight excluding hydrogens is 248 g/mol. The average Bonchev–Trinajstić information content (AvgIpc) is 2.30. The van der Waals surface area contributed by atoms with Gasteiger partial charge in [-0.15, -0.1) is 0 Å². The fraction of sp³-hybridized carbons (Fsp3) is 0.769.